The van der Waals surface area contributed by atoms with E-state index in [9.17, 15) is 0 Å². The van der Waals surface area contributed by atoms with Gasteiger partial charge in [-0.05, 0) is 36.4 Å². The lowest BCUT2D eigenvalue weighted by atomic mass is 10.3. The van der Waals surface area contributed by atoms with Gasteiger partial charge in [-0.3, -0.25) is 0 Å². The molecule has 0 spiro atoms. The van der Waals surface area contributed by atoms with Gasteiger partial charge in [-0.1, -0.05) is 23.7 Å². The lowest BCUT2D eigenvalue weighted by Crippen LogP contribution is -1.96. The molecule has 0 bridgehead atoms. The van der Waals surface area contributed by atoms with Gasteiger partial charge in [0.2, 0.25) is 5.88 Å². The van der Waals surface area contributed by atoms with E-state index in [2.05, 4.69) is 5.10 Å². The van der Waals surface area contributed by atoms with Crippen LogP contribution in [0.5, 0.6) is 11.6 Å². The molecule has 0 saturated heterocycles. The lowest BCUT2D eigenvalue weighted by Gasteiger charge is -2.05. The van der Waals surface area contributed by atoms with Gasteiger partial charge in [0.15, 0.2) is 5.75 Å². The average molecular weight is 286 g/mol. The largest absolute Gasteiger partial charge is 0.435 e. The number of aromatic nitrogens is 2. The summed E-state index contributed by atoms with van der Waals surface area (Å²) in [5.41, 5.74) is 7.31. The minimum atomic E-state index is 0.484. The zero-order valence-electron chi connectivity index (χ0n) is 10.5. The molecule has 0 aliphatic carbocycles. The van der Waals surface area contributed by atoms with E-state index in [0.29, 0.717) is 22.3 Å². The zero-order chi connectivity index (χ0) is 13.9. The summed E-state index contributed by atoms with van der Waals surface area (Å²) in [7, 11) is 0. The quantitative estimate of drug-likeness (QED) is 0.743. The number of halogens is 1. The van der Waals surface area contributed by atoms with Crippen molar-refractivity contribution in [3.8, 4) is 17.3 Å². The van der Waals surface area contributed by atoms with Gasteiger partial charge in [-0.15, -0.1) is 5.10 Å². The van der Waals surface area contributed by atoms with Crippen LogP contribution in [-0.4, -0.2) is 9.78 Å². The Labute approximate surface area is 121 Å². The van der Waals surface area contributed by atoms with E-state index >= 15 is 0 Å². The van der Waals surface area contributed by atoms with Crippen molar-refractivity contribution < 1.29 is 4.74 Å². The van der Waals surface area contributed by atoms with E-state index in [4.69, 9.17) is 22.1 Å². The van der Waals surface area contributed by atoms with Gasteiger partial charge >= 0.3 is 0 Å². The maximum absolute atomic E-state index is 5.86. The summed E-state index contributed by atoms with van der Waals surface area (Å²) in [5, 5.41) is 5.03. The number of hydrogen-bond acceptors (Lipinski definition) is 3. The molecule has 0 aliphatic rings. The van der Waals surface area contributed by atoms with Crippen LogP contribution in [0.25, 0.3) is 5.69 Å². The molecule has 3 rings (SSSR count). The number of nitrogens with two attached hydrogens (primary N) is 1. The first kappa shape index (κ1) is 12.6. The molecule has 20 heavy (non-hydrogen) atoms. The fourth-order valence-corrected chi connectivity index (χ4v) is 1.91. The Morgan fingerprint density at radius 1 is 1.00 bits per heavy atom. The third-order valence-electron chi connectivity index (χ3n) is 2.79. The molecule has 0 saturated carbocycles. The van der Waals surface area contributed by atoms with Gasteiger partial charge in [0.05, 0.1) is 11.4 Å². The standard InChI is InChI=1S/C15H12ClN3O/c16-11-5-7-12(8-6-11)19-10-9-15(18-19)20-14-4-2-1-3-13(14)17/h1-10H,17H2. The molecule has 100 valence electrons. The maximum Gasteiger partial charge on any atom is 0.238 e. The number of benzene rings is 2. The molecule has 2 N–H and O–H groups in total. The van der Waals surface area contributed by atoms with Crippen LogP contribution in [0.15, 0.2) is 60.8 Å². The van der Waals surface area contributed by atoms with Crippen LogP contribution in [0.3, 0.4) is 0 Å². The summed E-state index contributed by atoms with van der Waals surface area (Å²) in [4.78, 5) is 0. The summed E-state index contributed by atoms with van der Waals surface area (Å²) < 4.78 is 7.37. The van der Waals surface area contributed by atoms with Crippen LogP contribution in [-0.2, 0) is 0 Å². The molecule has 1 heterocycles. The van der Waals surface area contributed by atoms with E-state index < -0.39 is 0 Å². The molecule has 1 aromatic heterocycles. The molecule has 0 amide bonds. The topological polar surface area (TPSA) is 53.1 Å². The van der Waals surface area contributed by atoms with Crippen LogP contribution in [0.1, 0.15) is 0 Å². The fourth-order valence-electron chi connectivity index (χ4n) is 1.79. The minimum absolute atomic E-state index is 0.484. The molecule has 2 aromatic carbocycles. The van der Waals surface area contributed by atoms with E-state index in [1.807, 2.05) is 42.6 Å². The first-order chi connectivity index (χ1) is 9.72. The van der Waals surface area contributed by atoms with Crippen molar-refractivity contribution in [2.24, 2.45) is 0 Å². The predicted molar refractivity (Wildman–Crippen MR) is 79.5 cm³/mol. The van der Waals surface area contributed by atoms with Crippen LogP contribution in [0, 0.1) is 0 Å². The van der Waals surface area contributed by atoms with Crippen molar-refractivity contribution in [3.63, 3.8) is 0 Å². The van der Waals surface area contributed by atoms with E-state index in [0.717, 1.165) is 5.69 Å². The smallest absolute Gasteiger partial charge is 0.238 e. The first-order valence-corrected chi connectivity index (χ1v) is 6.44. The fraction of sp³-hybridized carbons (Fsp3) is 0. The van der Waals surface area contributed by atoms with E-state index in [1.165, 1.54) is 0 Å². The Morgan fingerprint density at radius 2 is 1.75 bits per heavy atom. The summed E-state index contributed by atoms with van der Waals surface area (Å²) in [5.74, 6) is 1.08. The number of rotatable bonds is 3. The number of nitrogens with zero attached hydrogens (tertiary/aromatic N) is 2. The van der Waals surface area contributed by atoms with Gasteiger partial charge in [-0.2, -0.15) is 0 Å². The van der Waals surface area contributed by atoms with Crippen LogP contribution < -0.4 is 10.5 Å². The normalized spacial score (nSPS) is 10.4. The van der Waals surface area contributed by atoms with Gasteiger partial charge in [-0.25, -0.2) is 4.68 Å². The second kappa shape index (κ2) is 5.27. The molecule has 0 aliphatic heterocycles. The average Bonchev–Trinajstić information content (AvgIpc) is 2.91. The van der Waals surface area contributed by atoms with Crippen molar-refractivity contribution in [1.29, 1.82) is 0 Å². The molecule has 0 fully saturated rings. The highest BCUT2D eigenvalue weighted by molar-refractivity contribution is 6.30. The predicted octanol–water partition coefficient (Wildman–Crippen LogP) is 3.90. The minimum Gasteiger partial charge on any atom is -0.435 e. The molecule has 5 heteroatoms. The summed E-state index contributed by atoms with van der Waals surface area (Å²) in [6, 6.07) is 16.5. The lowest BCUT2D eigenvalue weighted by molar-refractivity contribution is 0.460. The van der Waals surface area contributed by atoms with Crippen molar-refractivity contribution >= 4 is 17.3 Å². The SMILES string of the molecule is Nc1ccccc1Oc1ccn(-c2ccc(Cl)cc2)n1. The zero-order valence-corrected chi connectivity index (χ0v) is 11.3. The molecule has 0 atom stereocenters. The molecule has 0 radical (unpaired) electrons. The first-order valence-electron chi connectivity index (χ1n) is 6.06. The molecule has 4 nitrogen and oxygen atoms in total. The third-order valence-corrected chi connectivity index (χ3v) is 3.04. The van der Waals surface area contributed by atoms with Crippen molar-refractivity contribution in [3.05, 3.63) is 65.8 Å². The number of ether oxygens (including phenoxy) is 1. The number of para-hydroxylation sites is 2. The third kappa shape index (κ3) is 2.60. The van der Waals surface area contributed by atoms with Crippen molar-refractivity contribution in [1.82, 2.24) is 9.78 Å². The van der Waals surface area contributed by atoms with E-state index in [1.54, 1.807) is 22.9 Å². The molecular formula is C15H12ClN3O. The highest BCUT2D eigenvalue weighted by Crippen LogP contribution is 2.26. The Morgan fingerprint density at radius 3 is 2.50 bits per heavy atom. The second-order valence-electron chi connectivity index (χ2n) is 4.21. The second-order valence-corrected chi connectivity index (χ2v) is 4.65. The highest BCUT2D eigenvalue weighted by Gasteiger charge is 2.05. The number of nitrogen functional groups attached to an aromatic ring is 1. The van der Waals surface area contributed by atoms with Gasteiger partial charge in [0.25, 0.3) is 0 Å². The van der Waals surface area contributed by atoms with Crippen LogP contribution in [0.2, 0.25) is 5.02 Å². The van der Waals surface area contributed by atoms with Gasteiger partial charge < -0.3 is 10.5 Å². The highest BCUT2D eigenvalue weighted by atomic mass is 35.5. The Balaban J connectivity index is 1.84. The summed E-state index contributed by atoms with van der Waals surface area (Å²) >= 11 is 5.86. The molecular weight excluding hydrogens is 274 g/mol. The Kier molecular flexibility index (Phi) is 3.31. The molecule has 0 unspecified atom stereocenters. The van der Waals surface area contributed by atoms with Gasteiger partial charge in [0, 0.05) is 17.3 Å². The van der Waals surface area contributed by atoms with Crippen molar-refractivity contribution in [2.75, 3.05) is 5.73 Å². The van der Waals surface area contributed by atoms with Gasteiger partial charge in [0.1, 0.15) is 0 Å². The Hall–Kier alpha value is -2.46. The summed E-state index contributed by atoms with van der Waals surface area (Å²) in [6.07, 6.45) is 1.82. The maximum atomic E-state index is 5.86. The monoisotopic (exact) mass is 285 g/mol. The van der Waals surface area contributed by atoms with Crippen LogP contribution in [0.4, 0.5) is 5.69 Å². The summed E-state index contributed by atoms with van der Waals surface area (Å²) in [6.45, 7) is 0. The number of anilines is 1. The Bertz CT molecular complexity index is 722. The number of hydrogen-bond donors (Lipinski definition) is 1. The molecule has 3 aromatic rings. The van der Waals surface area contributed by atoms with E-state index in [-0.39, 0.29) is 0 Å². The van der Waals surface area contributed by atoms with Crippen molar-refractivity contribution in [2.45, 2.75) is 0 Å². The van der Waals surface area contributed by atoms with Crippen LogP contribution >= 0.6 is 11.6 Å².